The SMILES string of the molecule is C=C1CCC[C@H](C)C2CC(C(C)(C)O)CC12. The Bertz CT molecular complexity index is 274. The van der Waals surface area contributed by atoms with Gasteiger partial charge < -0.3 is 5.11 Å². The van der Waals surface area contributed by atoms with Crippen LogP contribution >= 0.6 is 0 Å². The molecule has 92 valence electrons. The van der Waals surface area contributed by atoms with E-state index in [1.54, 1.807) is 0 Å². The van der Waals surface area contributed by atoms with Crippen molar-refractivity contribution in [2.45, 2.75) is 58.5 Å². The van der Waals surface area contributed by atoms with Gasteiger partial charge in [-0.2, -0.15) is 0 Å². The highest BCUT2D eigenvalue weighted by molar-refractivity contribution is 5.10. The molecular weight excluding hydrogens is 196 g/mol. The number of aliphatic hydroxyl groups is 1. The Balaban J connectivity index is 2.15. The van der Waals surface area contributed by atoms with Crippen LogP contribution in [0.15, 0.2) is 12.2 Å². The lowest BCUT2D eigenvalue weighted by Crippen LogP contribution is -2.29. The van der Waals surface area contributed by atoms with Gasteiger partial charge in [0.2, 0.25) is 0 Å². The largest absolute Gasteiger partial charge is 0.390 e. The van der Waals surface area contributed by atoms with Gasteiger partial charge in [0.05, 0.1) is 5.60 Å². The fraction of sp³-hybridized carbons (Fsp3) is 0.867. The van der Waals surface area contributed by atoms with Crippen LogP contribution in [0.3, 0.4) is 0 Å². The minimum absolute atomic E-state index is 0.472. The van der Waals surface area contributed by atoms with Crippen molar-refractivity contribution in [3.05, 3.63) is 12.2 Å². The molecular formula is C15H26O. The summed E-state index contributed by atoms with van der Waals surface area (Å²) in [6.45, 7) is 10.6. The van der Waals surface area contributed by atoms with Gasteiger partial charge >= 0.3 is 0 Å². The van der Waals surface area contributed by atoms with Crippen LogP contribution in [0.25, 0.3) is 0 Å². The normalized spacial score (nSPS) is 40.6. The molecule has 1 nitrogen and oxygen atoms in total. The van der Waals surface area contributed by atoms with E-state index in [1.165, 1.54) is 31.3 Å². The number of allylic oxidation sites excluding steroid dienone is 1. The third-order valence-corrected chi connectivity index (χ3v) is 5.02. The van der Waals surface area contributed by atoms with Gasteiger partial charge in [-0.15, -0.1) is 0 Å². The van der Waals surface area contributed by atoms with Crippen LogP contribution in [0, 0.1) is 23.7 Å². The first-order valence-electron chi connectivity index (χ1n) is 6.79. The molecule has 0 aromatic heterocycles. The van der Waals surface area contributed by atoms with Crippen LogP contribution < -0.4 is 0 Å². The number of hydrogen-bond donors (Lipinski definition) is 1. The number of rotatable bonds is 1. The topological polar surface area (TPSA) is 20.2 Å². The average molecular weight is 222 g/mol. The van der Waals surface area contributed by atoms with Crippen molar-refractivity contribution in [2.75, 3.05) is 0 Å². The molecule has 0 amide bonds. The van der Waals surface area contributed by atoms with Crippen LogP contribution in [-0.2, 0) is 0 Å². The van der Waals surface area contributed by atoms with E-state index in [-0.39, 0.29) is 0 Å². The third kappa shape index (κ3) is 2.20. The van der Waals surface area contributed by atoms with Crippen molar-refractivity contribution in [1.29, 1.82) is 0 Å². The zero-order valence-electron chi connectivity index (χ0n) is 11.0. The van der Waals surface area contributed by atoms with Gasteiger partial charge in [0, 0.05) is 0 Å². The first-order valence-corrected chi connectivity index (χ1v) is 6.79. The summed E-state index contributed by atoms with van der Waals surface area (Å²) in [4.78, 5) is 0. The van der Waals surface area contributed by atoms with E-state index in [1.807, 2.05) is 13.8 Å². The van der Waals surface area contributed by atoms with Gasteiger partial charge in [0.25, 0.3) is 0 Å². The number of hydrogen-bond acceptors (Lipinski definition) is 1. The molecule has 0 bridgehead atoms. The van der Waals surface area contributed by atoms with Crippen LogP contribution in [0.5, 0.6) is 0 Å². The molecule has 0 aromatic rings. The summed E-state index contributed by atoms with van der Waals surface area (Å²) in [7, 11) is 0. The van der Waals surface area contributed by atoms with Gasteiger partial charge in [0.15, 0.2) is 0 Å². The lowest BCUT2D eigenvalue weighted by atomic mass is 9.82. The molecule has 0 aliphatic heterocycles. The second-order valence-electron chi connectivity index (χ2n) is 6.62. The first-order chi connectivity index (χ1) is 7.39. The van der Waals surface area contributed by atoms with Gasteiger partial charge in [-0.05, 0) is 63.2 Å². The fourth-order valence-corrected chi connectivity index (χ4v) is 3.80. The summed E-state index contributed by atoms with van der Waals surface area (Å²) in [6, 6.07) is 0. The van der Waals surface area contributed by atoms with Crippen LogP contribution in [0.2, 0.25) is 0 Å². The van der Waals surface area contributed by atoms with Crippen LogP contribution in [0.4, 0.5) is 0 Å². The van der Waals surface area contributed by atoms with Crippen molar-refractivity contribution >= 4 is 0 Å². The molecule has 0 spiro atoms. The summed E-state index contributed by atoms with van der Waals surface area (Å²) in [6.07, 6.45) is 6.24. The van der Waals surface area contributed by atoms with Crippen molar-refractivity contribution in [3.8, 4) is 0 Å². The van der Waals surface area contributed by atoms with E-state index in [0.717, 1.165) is 18.3 Å². The van der Waals surface area contributed by atoms with Crippen LogP contribution in [0.1, 0.15) is 52.9 Å². The molecule has 2 aliphatic carbocycles. The average Bonchev–Trinajstić information content (AvgIpc) is 2.56. The summed E-state index contributed by atoms with van der Waals surface area (Å²) in [5.41, 5.74) is 0.952. The molecule has 16 heavy (non-hydrogen) atoms. The highest BCUT2D eigenvalue weighted by Crippen LogP contribution is 2.50. The minimum Gasteiger partial charge on any atom is -0.390 e. The highest BCUT2D eigenvalue weighted by atomic mass is 16.3. The van der Waals surface area contributed by atoms with Gasteiger partial charge in [-0.25, -0.2) is 0 Å². The van der Waals surface area contributed by atoms with E-state index < -0.39 is 5.60 Å². The molecule has 0 aromatic carbocycles. The molecule has 2 saturated carbocycles. The maximum absolute atomic E-state index is 10.2. The van der Waals surface area contributed by atoms with E-state index in [0.29, 0.717) is 11.8 Å². The summed E-state index contributed by atoms with van der Waals surface area (Å²) in [5, 5.41) is 10.2. The molecule has 2 rings (SSSR count). The smallest absolute Gasteiger partial charge is 0.0620 e. The quantitative estimate of drug-likeness (QED) is 0.669. The Kier molecular flexibility index (Phi) is 3.18. The lowest BCUT2D eigenvalue weighted by Gasteiger charge is -2.26. The molecule has 4 atom stereocenters. The van der Waals surface area contributed by atoms with Crippen LogP contribution in [-0.4, -0.2) is 10.7 Å². The van der Waals surface area contributed by atoms with Crippen molar-refractivity contribution in [3.63, 3.8) is 0 Å². The molecule has 1 heteroatoms. The Labute approximate surface area is 99.9 Å². The van der Waals surface area contributed by atoms with E-state index in [4.69, 9.17) is 0 Å². The predicted molar refractivity (Wildman–Crippen MR) is 68.2 cm³/mol. The van der Waals surface area contributed by atoms with Gasteiger partial charge in [0.1, 0.15) is 0 Å². The first kappa shape index (κ1) is 12.2. The summed E-state index contributed by atoms with van der Waals surface area (Å²) >= 11 is 0. The Morgan fingerprint density at radius 2 is 2.00 bits per heavy atom. The molecule has 3 unspecified atom stereocenters. The van der Waals surface area contributed by atoms with Gasteiger partial charge in [-0.3, -0.25) is 0 Å². The van der Waals surface area contributed by atoms with E-state index in [9.17, 15) is 5.11 Å². The van der Waals surface area contributed by atoms with Crippen molar-refractivity contribution in [2.24, 2.45) is 23.7 Å². The monoisotopic (exact) mass is 222 g/mol. The predicted octanol–water partition coefficient (Wildman–Crippen LogP) is 3.78. The van der Waals surface area contributed by atoms with Gasteiger partial charge in [-0.1, -0.05) is 25.5 Å². The maximum atomic E-state index is 10.2. The third-order valence-electron chi connectivity index (χ3n) is 5.02. The van der Waals surface area contributed by atoms with E-state index >= 15 is 0 Å². The van der Waals surface area contributed by atoms with E-state index in [2.05, 4.69) is 13.5 Å². The second-order valence-corrected chi connectivity index (χ2v) is 6.62. The number of fused-ring (bicyclic) bond motifs is 1. The van der Waals surface area contributed by atoms with Crippen molar-refractivity contribution in [1.82, 2.24) is 0 Å². The summed E-state index contributed by atoms with van der Waals surface area (Å²) < 4.78 is 0. The molecule has 2 aliphatic rings. The molecule has 2 fully saturated rings. The fourth-order valence-electron chi connectivity index (χ4n) is 3.80. The molecule has 0 heterocycles. The standard InChI is InChI=1S/C15H26O/c1-10-6-5-7-11(2)14-9-12(8-13(10)14)15(3,4)16/h11-14,16H,1,5-9H2,2-4H3/t11-,12?,13?,14?/m0/s1. The molecule has 0 radical (unpaired) electrons. The summed E-state index contributed by atoms with van der Waals surface area (Å²) in [5.74, 6) is 2.76. The Morgan fingerprint density at radius 1 is 1.31 bits per heavy atom. The second kappa shape index (κ2) is 4.18. The minimum atomic E-state index is -0.508. The zero-order chi connectivity index (χ0) is 11.9. The maximum Gasteiger partial charge on any atom is 0.0620 e. The Hall–Kier alpha value is -0.300. The zero-order valence-corrected chi connectivity index (χ0v) is 11.0. The highest BCUT2D eigenvalue weighted by Gasteiger charge is 2.44. The van der Waals surface area contributed by atoms with Crippen molar-refractivity contribution < 1.29 is 5.11 Å². The molecule has 0 saturated heterocycles. The molecule has 1 N–H and O–H groups in total. The lowest BCUT2D eigenvalue weighted by molar-refractivity contribution is 0.0165. The Morgan fingerprint density at radius 3 is 2.62 bits per heavy atom.